The van der Waals surface area contributed by atoms with Crippen molar-refractivity contribution in [2.75, 3.05) is 24.8 Å². The molecule has 0 bridgehead atoms. The number of hydrogen-bond donors (Lipinski definition) is 3. The van der Waals surface area contributed by atoms with Crippen molar-refractivity contribution < 1.29 is 19.1 Å². The first-order valence-electron chi connectivity index (χ1n) is 9.02. The zero-order chi connectivity index (χ0) is 20.8. The predicted molar refractivity (Wildman–Crippen MR) is 107 cm³/mol. The number of carbonyl (C=O) groups excluding carboxylic acids is 3. The van der Waals surface area contributed by atoms with E-state index < -0.39 is 23.4 Å². The van der Waals surface area contributed by atoms with Gasteiger partial charge in [-0.15, -0.1) is 0 Å². The summed E-state index contributed by atoms with van der Waals surface area (Å²) in [6, 6.07) is 13.4. The summed E-state index contributed by atoms with van der Waals surface area (Å²) in [4.78, 5) is 40.4. The third kappa shape index (κ3) is 2.64. The molecule has 4 rings (SSSR count). The van der Waals surface area contributed by atoms with E-state index in [-0.39, 0.29) is 5.57 Å². The third-order valence-electron chi connectivity index (χ3n) is 5.31. The van der Waals surface area contributed by atoms with Gasteiger partial charge in [-0.05, 0) is 37.3 Å². The summed E-state index contributed by atoms with van der Waals surface area (Å²) in [5, 5.41) is 8.30. The van der Waals surface area contributed by atoms with Crippen LogP contribution in [0.3, 0.4) is 0 Å². The molecule has 0 aromatic heterocycles. The Balaban J connectivity index is 1.83. The lowest BCUT2D eigenvalue weighted by Crippen LogP contribution is -2.61. The number of para-hydroxylation sites is 1. The highest BCUT2D eigenvalue weighted by molar-refractivity contribution is 6.19. The van der Waals surface area contributed by atoms with E-state index in [4.69, 9.17) is 4.74 Å². The molecule has 2 aromatic carbocycles. The molecule has 148 valence electrons. The van der Waals surface area contributed by atoms with E-state index in [1.54, 1.807) is 62.6 Å². The minimum atomic E-state index is -1.56. The fourth-order valence-corrected chi connectivity index (χ4v) is 3.92. The van der Waals surface area contributed by atoms with E-state index in [0.29, 0.717) is 28.4 Å². The molecule has 2 aliphatic rings. The number of ether oxygens (including phenoxy) is 1. The van der Waals surface area contributed by atoms with Crippen molar-refractivity contribution in [1.82, 2.24) is 10.2 Å². The zero-order valence-corrected chi connectivity index (χ0v) is 16.2. The van der Waals surface area contributed by atoms with E-state index in [2.05, 4.69) is 16.0 Å². The first-order valence-corrected chi connectivity index (χ1v) is 9.02. The van der Waals surface area contributed by atoms with Crippen LogP contribution in [0.4, 0.5) is 16.2 Å². The maximum Gasteiger partial charge on any atom is 0.322 e. The molecule has 4 amide bonds. The van der Waals surface area contributed by atoms with Gasteiger partial charge >= 0.3 is 6.03 Å². The third-order valence-corrected chi connectivity index (χ3v) is 5.31. The first-order chi connectivity index (χ1) is 13.9. The number of hydrogen-bond acceptors (Lipinski definition) is 4. The average Bonchev–Trinajstić information content (AvgIpc) is 2.99. The van der Waals surface area contributed by atoms with Crippen LogP contribution in [0.15, 0.2) is 59.8 Å². The largest absolute Gasteiger partial charge is 0.497 e. The molecule has 3 N–H and O–H groups in total. The number of anilines is 2. The number of carbonyl (C=O) groups is 3. The Morgan fingerprint density at radius 3 is 2.45 bits per heavy atom. The molecule has 29 heavy (non-hydrogen) atoms. The van der Waals surface area contributed by atoms with E-state index in [9.17, 15) is 14.4 Å². The molecule has 0 fully saturated rings. The number of fused-ring (bicyclic) bond motifs is 2. The normalized spacial score (nSPS) is 20.3. The molecule has 8 heteroatoms. The fraction of sp³-hybridized carbons (Fsp3) is 0.190. The molecule has 1 unspecified atom stereocenters. The number of rotatable bonds is 3. The van der Waals surface area contributed by atoms with Gasteiger partial charge in [0.2, 0.25) is 0 Å². The second-order valence-electron chi connectivity index (χ2n) is 6.88. The minimum absolute atomic E-state index is 0.165. The Hall–Kier alpha value is -3.81. The van der Waals surface area contributed by atoms with Crippen LogP contribution in [-0.2, 0) is 15.1 Å². The maximum absolute atomic E-state index is 13.3. The van der Waals surface area contributed by atoms with E-state index in [0.717, 1.165) is 0 Å². The minimum Gasteiger partial charge on any atom is -0.497 e. The van der Waals surface area contributed by atoms with Gasteiger partial charge in [-0.2, -0.15) is 0 Å². The number of likely N-dealkylation sites (N-methyl/N-ethyl adjacent to an activating group) is 1. The topological polar surface area (TPSA) is 99.8 Å². The average molecular weight is 392 g/mol. The standard InChI is InChI=1S/C21H20N4O4/c1-12-17(18(26)23-13-8-10-14(29-3)11-9-13)21(25(2)20(28)22-12)15-6-4-5-7-16(15)24-19(21)27/h4-11H,1-3H3,(H,22,28)(H,23,26)(H,24,27). The van der Waals surface area contributed by atoms with Gasteiger partial charge in [0.15, 0.2) is 5.54 Å². The molecule has 2 aromatic rings. The number of methoxy groups -OCH3 is 1. The second kappa shape index (κ2) is 6.66. The SMILES string of the molecule is COc1ccc(NC(=O)C2=C(C)NC(=O)N(C)C23C(=O)Nc2ccccc23)cc1. The maximum atomic E-state index is 13.3. The molecule has 1 atom stereocenters. The van der Waals surface area contributed by atoms with Gasteiger partial charge in [-0.3, -0.25) is 9.59 Å². The quantitative estimate of drug-likeness (QED) is 0.747. The van der Waals surface area contributed by atoms with Crippen LogP contribution < -0.4 is 20.7 Å². The molecule has 0 aliphatic carbocycles. The number of allylic oxidation sites excluding steroid dienone is 1. The number of nitrogens with one attached hydrogen (secondary N) is 3. The van der Waals surface area contributed by atoms with Crippen LogP contribution in [-0.4, -0.2) is 36.9 Å². The second-order valence-corrected chi connectivity index (χ2v) is 6.88. The van der Waals surface area contributed by atoms with Crippen LogP contribution in [0.5, 0.6) is 5.75 Å². The van der Waals surface area contributed by atoms with Gasteiger partial charge in [-0.1, -0.05) is 18.2 Å². The molecule has 0 saturated heterocycles. The fourth-order valence-electron chi connectivity index (χ4n) is 3.92. The highest BCUT2D eigenvalue weighted by Crippen LogP contribution is 2.47. The van der Waals surface area contributed by atoms with Crippen LogP contribution >= 0.6 is 0 Å². The molecule has 0 radical (unpaired) electrons. The van der Waals surface area contributed by atoms with Crippen molar-refractivity contribution in [3.05, 3.63) is 65.4 Å². The van der Waals surface area contributed by atoms with Gasteiger partial charge in [0.1, 0.15) is 5.75 Å². The Morgan fingerprint density at radius 2 is 1.76 bits per heavy atom. The van der Waals surface area contributed by atoms with Crippen LogP contribution in [0.2, 0.25) is 0 Å². The summed E-state index contributed by atoms with van der Waals surface area (Å²) in [5.74, 6) is -0.273. The summed E-state index contributed by atoms with van der Waals surface area (Å²) in [7, 11) is 3.06. The van der Waals surface area contributed by atoms with Crippen molar-refractivity contribution >= 4 is 29.2 Å². The van der Waals surface area contributed by atoms with E-state index >= 15 is 0 Å². The molecule has 0 saturated carbocycles. The predicted octanol–water partition coefficient (Wildman–Crippen LogP) is 2.41. The van der Waals surface area contributed by atoms with Crippen molar-refractivity contribution in [3.63, 3.8) is 0 Å². The zero-order valence-electron chi connectivity index (χ0n) is 16.2. The smallest absolute Gasteiger partial charge is 0.322 e. The Kier molecular flexibility index (Phi) is 4.26. The summed E-state index contributed by atoms with van der Waals surface area (Å²) in [5.41, 5.74) is 0.601. The highest BCUT2D eigenvalue weighted by atomic mass is 16.5. The lowest BCUT2D eigenvalue weighted by atomic mass is 9.79. The lowest BCUT2D eigenvalue weighted by molar-refractivity contribution is -0.126. The van der Waals surface area contributed by atoms with E-state index in [1.807, 2.05) is 0 Å². The molecule has 2 heterocycles. The van der Waals surface area contributed by atoms with Crippen molar-refractivity contribution in [2.24, 2.45) is 0 Å². The van der Waals surface area contributed by atoms with Gasteiger partial charge in [0.05, 0.1) is 12.7 Å². The lowest BCUT2D eigenvalue weighted by Gasteiger charge is -2.42. The van der Waals surface area contributed by atoms with Crippen LogP contribution in [0.1, 0.15) is 12.5 Å². The Labute approximate surface area is 167 Å². The van der Waals surface area contributed by atoms with Gasteiger partial charge in [0.25, 0.3) is 11.8 Å². The van der Waals surface area contributed by atoms with Crippen molar-refractivity contribution in [3.8, 4) is 5.75 Å². The number of urea groups is 1. The number of amides is 4. The molecule has 1 spiro atoms. The van der Waals surface area contributed by atoms with Crippen molar-refractivity contribution in [1.29, 1.82) is 0 Å². The molecular weight excluding hydrogens is 372 g/mol. The van der Waals surface area contributed by atoms with Gasteiger partial charge < -0.3 is 25.6 Å². The monoisotopic (exact) mass is 392 g/mol. The molecule has 8 nitrogen and oxygen atoms in total. The number of benzene rings is 2. The molecule has 2 aliphatic heterocycles. The summed E-state index contributed by atoms with van der Waals surface area (Å²) in [6.45, 7) is 1.61. The van der Waals surface area contributed by atoms with Crippen LogP contribution in [0, 0.1) is 0 Å². The first kappa shape index (κ1) is 18.5. The van der Waals surface area contributed by atoms with Crippen LogP contribution in [0.25, 0.3) is 0 Å². The summed E-state index contributed by atoms with van der Waals surface area (Å²) >= 11 is 0. The molecular formula is C21H20N4O4. The summed E-state index contributed by atoms with van der Waals surface area (Å²) in [6.07, 6.45) is 0. The highest BCUT2D eigenvalue weighted by Gasteiger charge is 2.59. The number of nitrogens with zero attached hydrogens (tertiary/aromatic N) is 1. The van der Waals surface area contributed by atoms with Crippen molar-refractivity contribution in [2.45, 2.75) is 12.5 Å². The van der Waals surface area contributed by atoms with E-state index in [1.165, 1.54) is 11.9 Å². The Bertz CT molecular complexity index is 1060. The Morgan fingerprint density at radius 1 is 1.07 bits per heavy atom. The van der Waals surface area contributed by atoms with Gasteiger partial charge in [-0.25, -0.2) is 4.79 Å². The van der Waals surface area contributed by atoms with Gasteiger partial charge in [0, 0.05) is 29.7 Å². The summed E-state index contributed by atoms with van der Waals surface area (Å²) < 4.78 is 5.13.